The summed E-state index contributed by atoms with van der Waals surface area (Å²) in [6.07, 6.45) is 1.15. The standard InChI is InChI=1S/C12H16N4OS.ClH/c1-16(8-2-4-13-6-8)7-10-14-9-3-5-18-11(9)12(17)15-10;/h3,5,8,13H,2,4,6-7H2,1H3,(H,14,15,17);1H. The number of H-pyrrole nitrogens is 1. The maximum Gasteiger partial charge on any atom is 0.268 e. The summed E-state index contributed by atoms with van der Waals surface area (Å²) < 4.78 is 0.712. The molecule has 0 bridgehead atoms. The fourth-order valence-corrected chi connectivity index (χ4v) is 3.10. The normalized spacial score (nSPS) is 18.9. The van der Waals surface area contributed by atoms with Crippen molar-refractivity contribution >= 4 is 34.0 Å². The number of hydrogen-bond donors (Lipinski definition) is 2. The Labute approximate surface area is 121 Å². The highest BCUT2D eigenvalue weighted by molar-refractivity contribution is 7.17. The van der Waals surface area contributed by atoms with E-state index < -0.39 is 0 Å². The molecule has 0 radical (unpaired) electrons. The van der Waals surface area contributed by atoms with Crippen LogP contribution in [0.15, 0.2) is 16.2 Å². The Morgan fingerprint density at radius 2 is 2.42 bits per heavy atom. The second kappa shape index (κ2) is 6.00. The highest BCUT2D eigenvalue weighted by atomic mass is 35.5. The molecule has 1 aliphatic heterocycles. The van der Waals surface area contributed by atoms with E-state index in [4.69, 9.17) is 0 Å². The van der Waals surface area contributed by atoms with Gasteiger partial charge >= 0.3 is 0 Å². The summed E-state index contributed by atoms with van der Waals surface area (Å²) in [6.45, 7) is 2.78. The zero-order valence-corrected chi connectivity index (χ0v) is 12.3. The van der Waals surface area contributed by atoms with E-state index in [1.165, 1.54) is 11.3 Å². The summed E-state index contributed by atoms with van der Waals surface area (Å²) >= 11 is 1.44. The zero-order valence-electron chi connectivity index (χ0n) is 10.7. The van der Waals surface area contributed by atoms with Crippen LogP contribution in [0.1, 0.15) is 12.2 Å². The largest absolute Gasteiger partial charge is 0.315 e. The van der Waals surface area contributed by atoms with Crippen LogP contribution in [0.4, 0.5) is 0 Å². The van der Waals surface area contributed by atoms with Gasteiger partial charge in [0.2, 0.25) is 0 Å². The van der Waals surface area contributed by atoms with Crippen molar-refractivity contribution in [3.63, 3.8) is 0 Å². The maximum absolute atomic E-state index is 11.8. The zero-order chi connectivity index (χ0) is 12.5. The molecule has 1 atom stereocenters. The van der Waals surface area contributed by atoms with Gasteiger partial charge < -0.3 is 10.3 Å². The predicted octanol–water partition coefficient (Wildman–Crippen LogP) is 1.20. The van der Waals surface area contributed by atoms with Crippen LogP contribution in [0.5, 0.6) is 0 Å². The fourth-order valence-electron chi connectivity index (χ4n) is 2.38. The van der Waals surface area contributed by atoms with Gasteiger partial charge in [-0.25, -0.2) is 4.98 Å². The summed E-state index contributed by atoms with van der Waals surface area (Å²) in [7, 11) is 2.08. The number of aromatic amines is 1. The third-order valence-electron chi connectivity index (χ3n) is 3.42. The summed E-state index contributed by atoms with van der Waals surface area (Å²) in [4.78, 5) is 21.5. The van der Waals surface area contributed by atoms with Gasteiger partial charge in [0.05, 0.1) is 12.1 Å². The van der Waals surface area contributed by atoms with Crippen molar-refractivity contribution in [2.75, 3.05) is 20.1 Å². The molecule has 0 amide bonds. The highest BCUT2D eigenvalue weighted by Crippen LogP contribution is 2.15. The number of hydrogen-bond acceptors (Lipinski definition) is 5. The summed E-state index contributed by atoms with van der Waals surface area (Å²) in [5, 5.41) is 5.25. The Kier molecular flexibility index (Phi) is 4.57. The number of nitrogens with one attached hydrogen (secondary N) is 2. The van der Waals surface area contributed by atoms with E-state index in [0.29, 0.717) is 17.3 Å². The number of rotatable bonds is 3. The molecule has 0 saturated carbocycles. The lowest BCUT2D eigenvalue weighted by atomic mass is 10.2. The lowest BCUT2D eigenvalue weighted by molar-refractivity contribution is 0.243. The molecule has 3 rings (SSSR count). The molecule has 2 aromatic heterocycles. The SMILES string of the molecule is CN(Cc1nc2ccsc2c(=O)[nH]1)C1CCNC1.Cl. The molecule has 7 heteroatoms. The molecule has 19 heavy (non-hydrogen) atoms. The van der Waals surface area contributed by atoms with Crippen LogP contribution < -0.4 is 10.9 Å². The molecular weight excluding hydrogens is 284 g/mol. The number of aromatic nitrogens is 2. The molecule has 104 valence electrons. The van der Waals surface area contributed by atoms with E-state index in [1.807, 2.05) is 11.4 Å². The Balaban J connectivity index is 0.00000133. The molecule has 1 fully saturated rings. The first-order valence-electron chi connectivity index (χ1n) is 6.11. The number of thiophene rings is 1. The average Bonchev–Trinajstić information content (AvgIpc) is 2.99. The predicted molar refractivity (Wildman–Crippen MR) is 80.2 cm³/mol. The van der Waals surface area contributed by atoms with E-state index in [0.717, 1.165) is 30.9 Å². The van der Waals surface area contributed by atoms with Crippen LogP contribution in [-0.2, 0) is 6.54 Å². The molecule has 1 unspecified atom stereocenters. The summed E-state index contributed by atoms with van der Waals surface area (Å²) in [5.41, 5.74) is 0.777. The molecule has 5 nitrogen and oxygen atoms in total. The van der Waals surface area contributed by atoms with E-state index >= 15 is 0 Å². The van der Waals surface area contributed by atoms with Crippen LogP contribution in [0.3, 0.4) is 0 Å². The van der Waals surface area contributed by atoms with Crippen LogP contribution in [0, 0.1) is 0 Å². The Bertz CT molecular complexity index is 605. The van der Waals surface area contributed by atoms with E-state index in [1.54, 1.807) is 0 Å². The first-order chi connectivity index (χ1) is 8.74. The maximum atomic E-state index is 11.8. The summed E-state index contributed by atoms with van der Waals surface area (Å²) in [6, 6.07) is 2.43. The smallest absolute Gasteiger partial charge is 0.268 e. The number of fused-ring (bicyclic) bond motifs is 1. The van der Waals surface area contributed by atoms with Gasteiger partial charge in [0.15, 0.2) is 0 Å². The molecule has 1 aliphatic rings. The Hall–Kier alpha value is -0.950. The second-order valence-electron chi connectivity index (χ2n) is 4.71. The van der Waals surface area contributed by atoms with E-state index in [9.17, 15) is 4.79 Å². The first-order valence-corrected chi connectivity index (χ1v) is 6.99. The van der Waals surface area contributed by atoms with Crippen molar-refractivity contribution in [1.29, 1.82) is 0 Å². The number of nitrogens with zero attached hydrogens (tertiary/aromatic N) is 2. The van der Waals surface area contributed by atoms with E-state index in [2.05, 4.69) is 27.2 Å². The molecule has 0 spiro atoms. The van der Waals surface area contributed by atoms with Crippen molar-refractivity contribution < 1.29 is 0 Å². The molecule has 2 aromatic rings. The van der Waals surface area contributed by atoms with Gasteiger partial charge in [-0.15, -0.1) is 23.7 Å². The quantitative estimate of drug-likeness (QED) is 0.894. The van der Waals surface area contributed by atoms with Crippen LogP contribution in [-0.4, -0.2) is 41.0 Å². The van der Waals surface area contributed by atoms with Crippen molar-refractivity contribution in [3.8, 4) is 0 Å². The average molecular weight is 301 g/mol. The van der Waals surface area contributed by atoms with Crippen LogP contribution in [0.25, 0.3) is 10.2 Å². The number of halogens is 1. The minimum Gasteiger partial charge on any atom is -0.315 e. The van der Waals surface area contributed by atoms with Gasteiger partial charge in [-0.05, 0) is 31.5 Å². The molecule has 0 aliphatic carbocycles. The number of likely N-dealkylation sites (N-methyl/N-ethyl adjacent to an activating group) is 1. The van der Waals surface area contributed by atoms with Gasteiger partial charge in [0, 0.05) is 12.6 Å². The first kappa shape index (κ1) is 14.5. The van der Waals surface area contributed by atoms with Crippen molar-refractivity contribution in [1.82, 2.24) is 20.2 Å². The van der Waals surface area contributed by atoms with Gasteiger partial charge in [0.1, 0.15) is 10.5 Å². The topological polar surface area (TPSA) is 61.0 Å². The minimum atomic E-state index is -0.0250. The van der Waals surface area contributed by atoms with Crippen LogP contribution >= 0.6 is 23.7 Å². The van der Waals surface area contributed by atoms with Crippen molar-refractivity contribution in [2.45, 2.75) is 19.0 Å². The monoisotopic (exact) mass is 300 g/mol. The molecule has 2 N–H and O–H groups in total. The van der Waals surface area contributed by atoms with Crippen molar-refractivity contribution in [3.05, 3.63) is 27.6 Å². The van der Waals surface area contributed by atoms with Gasteiger partial charge in [-0.2, -0.15) is 0 Å². The summed E-state index contributed by atoms with van der Waals surface area (Å²) in [5.74, 6) is 0.750. The minimum absolute atomic E-state index is 0. The third-order valence-corrected chi connectivity index (χ3v) is 4.32. The molecule has 0 aromatic carbocycles. The van der Waals surface area contributed by atoms with Gasteiger partial charge in [-0.1, -0.05) is 0 Å². The highest BCUT2D eigenvalue weighted by Gasteiger charge is 2.19. The Morgan fingerprint density at radius 1 is 1.58 bits per heavy atom. The molecular formula is C12H17ClN4OS. The van der Waals surface area contributed by atoms with Gasteiger partial charge in [-0.3, -0.25) is 9.69 Å². The third kappa shape index (κ3) is 2.97. The molecule has 3 heterocycles. The van der Waals surface area contributed by atoms with Crippen molar-refractivity contribution in [2.24, 2.45) is 0 Å². The lowest BCUT2D eigenvalue weighted by Gasteiger charge is -2.22. The second-order valence-corrected chi connectivity index (χ2v) is 5.63. The Morgan fingerprint density at radius 3 is 3.16 bits per heavy atom. The van der Waals surface area contributed by atoms with Crippen LogP contribution in [0.2, 0.25) is 0 Å². The van der Waals surface area contributed by atoms with Gasteiger partial charge in [0.25, 0.3) is 5.56 Å². The lowest BCUT2D eigenvalue weighted by Crippen LogP contribution is -2.34. The van der Waals surface area contributed by atoms with E-state index in [-0.39, 0.29) is 18.0 Å². The fraction of sp³-hybridized carbons (Fsp3) is 0.500. The molecule has 1 saturated heterocycles.